The fraction of sp³-hybridized carbons (Fsp3) is 0.632. The lowest BCUT2D eigenvalue weighted by atomic mass is 9.93. The average Bonchev–Trinajstić information content (AvgIpc) is 2.51. The van der Waals surface area contributed by atoms with E-state index >= 15 is 0 Å². The van der Waals surface area contributed by atoms with Gasteiger partial charge in [0.05, 0.1) is 19.1 Å². The number of aliphatic hydroxyl groups excluding tert-OH is 1. The number of nitrogens with one attached hydrogen (secondary N) is 1. The van der Waals surface area contributed by atoms with E-state index in [0.717, 1.165) is 30.6 Å². The molecule has 4 heteroatoms. The number of amides is 1. The molecule has 1 aromatic carbocycles. The van der Waals surface area contributed by atoms with Crippen LogP contribution in [0.2, 0.25) is 0 Å². The zero-order chi connectivity index (χ0) is 17.0. The van der Waals surface area contributed by atoms with Crippen molar-refractivity contribution in [2.75, 3.05) is 6.61 Å². The van der Waals surface area contributed by atoms with Crippen LogP contribution in [0.1, 0.15) is 51.7 Å². The number of aryl methyl sites for hydroxylation is 1. The fourth-order valence-electron chi connectivity index (χ4n) is 2.92. The molecule has 0 spiro atoms. The van der Waals surface area contributed by atoms with Gasteiger partial charge >= 0.3 is 0 Å². The molecule has 2 rings (SSSR count). The molecular weight excluding hydrogens is 290 g/mol. The molecule has 0 saturated carbocycles. The Labute approximate surface area is 139 Å². The van der Waals surface area contributed by atoms with E-state index in [4.69, 9.17) is 4.74 Å². The average molecular weight is 319 g/mol. The third-order valence-electron chi connectivity index (χ3n) is 4.75. The first-order valence-corrected chi connectivity index (χ1v) is 8.55. The van der Waals surface area contributed by atoms with Crippen molar-refractivity contribution in [1.82, 2.24) is 5.32 Å². The SMILES string of the molecule is CCC(C)C(CO)NC(=O)Cc1ccc2c(c1)CCC(C)(C)O2. The fourth-order valence-corrected chi connectivity index (χ4v) is 2.92. The van der Waals surface area contributed by atoms with Crippen LogP contribution in [0.3, 0.4) is 0 Å². The molecular formula is C19H29NO3. The highest BCUT2D eigenvalue weighted by Gasteiger charge is 2.26. The normalized spacial score (nSPS) is 18.5. The van der Waals surface area contributed by atoms with E-state index in [9.17, 15) is 9.90 Å². The lowest BCUT2D eigenvalue weighted by Gasteiger charge is -2.32. The van der Waals surface area contributed by atoms with E-state index in [2.05, 4.69) is 32.2 Å². The second kappa shape index (κ2) is 7.35. The third kappa shape index (κ3) is 4.71. The molecule has 0 aliphatic carbocycles. The van der Waals surface area contributed by atoms with Crippen molar-refractivity contribution in [1.29, 1.82) is 0 Å². The second-order valence-electron chi connectivity index (χ2n) is 7.22. The van der Waals surface area contributed by atoms with Gasteiger partial charge in [0, 0.05) is 0 Å². The summed E-state index contributed by atoms with van der Waals surface area (Å²) < 4.78 is 5.97. The van der Waals surface area contributed by atoms with E-state index in [1.165, 1.54) is 5.56 Å². The van der Waals surface area contributed by atoms with Crippen LogP contribution >= 0.6 is 0 Å². The minimum Gasteiger partial charge on any atom is -0.488 e. The number of aliphatic hydroxyl groups is 1. The third-order valence-corrected chi connectivity index (χ3v) is 4.75. The van der Waals surface area contributed by atoms with Crippen LogP contribution in [0.25, 0.3) is 0 Å². The minimum absolute atomic E-state index is 0.0200. The summed E-state index contributed by atoms with van der Waals surface area (Å²) in [6, 6.07) is 5.82. The molecule has 1 heterocycles. The maximum atomic E-state index is 12.2. The van der Waals surface area contributed by atoms with Gasteiger partial charge in [-0.2, -0.15) is 0 Å². The Kier molecular flexibility index (Phi) is 5.69. The number of benzene rings is 1. The smallest absolute Gasteiger partial charge is 0.224 e. The van der Waals surface area contributed by atoms with Gasteiger partial charge in [0.15, 0.2) is 0 Å². The topological polar surface area (TPSA) is 58.6 Å². The number of fused-ring (bicyclic) bond motifs is 1. The van der Waals surface area contributed by atoms with Crippen molar-refractivity contribution < 1.29 is 14.6 Å². The van der Waals surface area contributed by atoms with E-state index in [0.29, 0.717) is 6.42 Å². The Hall–Kier alpha value is -1.55. The Morgan fingerprint density at radius 2 is 2.17 bits per heavy atom. The van der Waals surface area contributed by atoms with Gasteiger partial charge in [-0.05, 0) is 49.8 Å². The number of hydrogen-bond donors (Lipinski definition) is 2. The summed E-state index contributed by atoms with van der Waals surface area (Å²) in [7, 11) is 0. The van der Waals surface area contributed by atoms with E-state index in [1.807, 2.05) is 19.1 Å². The number of ether oxygens (including phenoxy) is 1. The van der Waals surface area contributed by atoms with E-state index < -0.39 is 0 Å². The summed E-state index contributed by atoms with van der Waals surface area (Å²) in [5, 5.41) is 12.4. The molecule has 0 aromatic heterocycles. The largest absolute Gasteiger partial charge is 0.488 e. The van der Waals surface area contributed by atoms with Gasteiger partial charge in [0.2, 0.25) is 5.91 Å². The first-order valence-electron chi connectivity index (χ1n) is 8.55. The van der Waals surface area contributed by atoms with Crippen molar-refractivity contribution in [3.63, 3.8) is 0 Å². The summed E-state index contributed by atoms with van der Waals surface area (Å²) in [4.78, 5) is 12.2. The van der Waals surface area contributed by atoms with Gasteiger partial charge in [0.1, 0.15) is 11.4 Å². The maximum absolute atomic E-state index is 12.2. The zero-order valence-electron chi connectivity index (χ0n) is 14.7. The lowest BCUT2D eigenvalue weighted by Crippen LogP contribution is -2.42. The summed E-state index contributed by atoms with van der Waals surface area (Å²) in [6.45, 7) is 8.28. The Balaban J connectivity index is 2.00. The van der Waals surface area contributed by atoms with Crippen LogP contribution in [-0.4, -0.2) is 29.3 Å². The predicted molar refractivity (Wildman–Crippen MR) is 91.6 cm³/mol. The lowest BCUT2D eigenvalue weighted by molar-refractivity contribution is -0.121. The Bertz CT molecular complexity index is 554. The number of carbonyl (C=O) groups is 1. The Morgan fingerprint density at radius 3 is 2.83 bits per heavy atom. The number of rotatable bonds is 6. The second-order valence-corrected chi connectivity index (χ2v) is 7.22. The highest BCUT2D eigenvalue weighted by atomic mass is 16.5. The van der Waals surface area contributed by atoms with Gasteiger partial charge < -0.3 is 15.2 Å². The molecule has 1 aromatic rings. The van der Waals surface area contributed by atoms with Gasteiger partial charge in [-0.15, -0.1) is 0 Å². The summed E-state index contributed by atoms with van der Waals surface area (Å²) in [6.07, 6.45) is 3.22. The molecule has 0 saturated heterocycles. The molecule has 2 unspecified atom stereocenters. The van der Waals surface area contributed by atoms with Crippen molar-refractivity contribution in [3.05, 3.63) is 29.3 Å². The summed E-state index contributed by atoms with van der Waals surface area (Å²) in [5.41, 5.74) is 2.05. The summed E-state index contributed by atoms with van der Waals surface area (Å²) >= 11 is 0. The first-order chi connectivity index (χ1) is 10.8. The highest BCUT2D eigenvalue weighted by Crippen LogP contribution is 2.33. The monoisotopic (exact) mass is 319 g/mol. The molecule has 1 aliphatic heterocycles. The standard InChI is InChI=1S/C19H29NO3/c1-5-13(2)16(12-21)20-18(22)11-14-6-7-17-15(10-14)8-9-19(3,4)23-17/h6-7,10,13,16,21H,5,8-9,11-12H2,1-4H3,(H,20,22). The Morgan fingerprint density at radius 1 is 1.43 bits per heavy atom. The maximum Gasteiger partial charge on any atom is 0.224 e. The minimum atomic E-state index is -0.172. The predicted octanol–water partition coefficient (Wildman–Crippen LogP) is 2.86. The molecule has 23 heavy (non-hydrogen) atoms. The van der Waals surface area contributed by atoms with Crippen LogP contribution in [0.5, 0.6) is 5.75 Å². The van der Waals surface area contributed by atoms with E-state index in [-0.39, 0.29) is 30.1 Å². The molecule has 2 atom stereocenters. The van der Waals surface area contributed by atoms with Crippen LogP contribution in [0, 0.1) is 5.92 Å². The van der Waals surface area contributed by atoms with Crippen LogP contribution in [0.15, 0.2) is 18.2 Å². The number of carbonyl (C=O) groups excluding carboxylic acids is 1. The first kappa shape index (κ1) is 17.8. The van der Waals surface area contributed by atoms with Crippen molar-refractivity contribution in [3.8, 4) is 5.75 Å². The highest BCUT2D eigenvalue weighted by molar-refractivity contribution is 5.79. The quantitative estimate of drug-likeness (QED) is 0.847. The molecule has 0 bridgehead atoms. The van der Waals surface area contributed by atoms with Crippen molar-refractivity contribution in [2.45, 2.75) is 65.0 Å². The van der Waals surface area contributed by atoms with Gasteiger partial charge in [-0.25, -0.2) is 0 Å². The van der Waals surface area contributed by atoms with Crippen molar-refractivity contribution >= 4 is 5.91 Å². The molecule has 0 fully saturated rings. The number of hydrogen-bond acceptors (Lipinski definition) is 3. The van der Waals surface area contributed by atoms with Gasteiger partial charge in [-0.1, -0.05) is 32.4 Å². The molecule has 128 valence electrons. The molecule has 1 amide bonds. The van der Waals surface area contributed by atoms with Crippen LogP contribution in [0.4, 0.5) is 0 Å². The van der Waals surface area contributed by atoms with Crippen LogP contribution < -0.4 is 10.1 Å². The van der Waals surface area contributed by atoms with E-state index in [1.54, 1.807) is 0 Å². The van der Waals surface area contributed by atoms with Crippen molar-refractivity contribution in [2.24, 2.45) is 5.92 Å². The summed E-state index contributed by atoms with van der Waals surface area (Å²) in [5.74, 6) is 1.16. The van der Waals surface area contributed by atoms with Gasteiger partial charge in [0.25, 0.3) is 0 Å². The molecule has 0 radical (unpaired) electrons. The van der Waals surface area contributed by atoms with Gasteiger partial charge in [-0.3, -0.25) is 4.79 Å². The molecule has 2 N–H and O–H groups in total. The van der Waals surface area contributed by atoms with Crippen LogP contribution in [-0.2, 0) is 17.6 Å². The zero-order valence-corrected chi connectivity index (χ0v) is 14.7. The molecule has 1 aliphatic rings. The molecule has 4 nitrogen and oxygen atoms in total.